The quantitative estimate of drug-likeness (QED) is 0.724. The van der Waals surface area contributed by atoms with E-state index >= 15 is 0 Å². The lowest BCUT2D eigenvalue weighted by atomic mass is 9.97. The minimum absolute atomic E-state index is 0.0466. The Morgan fingerprint density at radius 3 is 2.35 bits per heavy atom. The van der Waals surface area contributed by atoms with Gasteiger partial charge >= 0.3 is 0 Å². The van der Waals surface area contributed by atoms with Gasteiger partial charge in [-0.1, -0.05) is 6.92 Å². The second-order valence-electron chi connectivity index (χ2n) is 5.61. The van der Waals surface area contributed by atoms with Gasteiger partial charge in [0.05, 0.1) is 32.2 Å². The van der Waals surface area contributed by atoms with Gasteiger partial charge in [0.15, 0.2) is 17.3 Å². The molecule has 1 aromatic rings. The third kappa shape index (κ3) is 5.96. The van der Waals surface area contributed by atoms with Crippen LogP contribution in [0, 0.1) is 11.7 Å². The molecule has 1 aromatic carbocycles. The van der Waals surface area contributed by atoms with Crippen LogP contribution < -0.4 is 9.47 Å². The van der Waals surface area contributed by atoms with Crippen LogP contribution in [-0.4, -0.2) is 39.6 Å². The number of rotatable bonds is 8. The number of aliphatic hydroxyl groups excluding tert-OH is 1. The smallest absolute Gasteiger partial charge is 0.264 e. The van der Waals surface area contributed by atoms with Crippen molar-refractivity contribution in [3.8, 4) is 11.5 Å². The van der Waals surface area contributed by atoms with Crippen LogP contribution in [0.4, 0.5) is 4.39 Å². The molecule has 0 spiro atoms. The average Bonchev–Trinajstić information content (AvgIpc) is 2.42. The fourth-order valence-corrected chi connectivity index (χ4v) is 2.41. The van der Waals surface area contributed by atoms with Gasteiger partial charge in [0, 0.05) is 5.92 Å². The number of hydrogen-bond acceptors (Lipinski definition) is 6. The fraction of sp³-hybridized carbons (Fsp3) is 0.600. The van der Waals surface area contributed by atoms with Crippen LogP contribution >= 0.6 is 0 Å². The Labute approximate surface area is 136 Å². The van der Waals surface area contributed by atoms with E-state index in [4.69, 9.17) is 9.47 Å². The zero-order valence-electron chi connectivity index (χ0n) is 13.9. The van der Waals surface area contributed by atoms with Crippen molar-refractivity contribution in [2.45, 2.75) is 33.0 Å². The number of benzene rings is 1. The summed E-state index contributed by atoms with van der Waals surface area (Å²) < 4.78 is 51.3. The van der Waals surface area contributed by atoms with Gasteiger partial charge in [-0.25, -0.2) is 4.39 Å². The van der Waals surface area contributed by atoms with E-state index in [2.05, 4.69) is 4.18 Å². The summed E-state index contributed by atoms with van der Waals surface area (Å²) >= 11 is 0. The summed E-state index contributed by atoms with van der Waals surface area (Å²) in [5.41, 5.74) is 0.253. The molecule has 0 aliphatic carbocycles. The van der Waals surface area contributed by atoms with Gasteiger partial charge in [-0.3, -0.25) is 4.18 Å². The van der Waals surface area contributed by atoms with Crippen LogP contribution in [0.25, 0.3) is 0 Å². The Hall–Kier alpha value is -1.38. The second kappa shape index (κ2) is 7.94. The first-order valence-corrected chi connectivity index (χ1v) is 8.93. The topological polar surface area (TPSA) is 82.1 Å². The molecular formula is C15H23FO6S. The molecule has 0 aliphatic heterocycles. The predicted molar refractivity (Wildman–Crippen MR) is 83.6 cm³/mol. The van der Waals surface area contributed by atoms with Crippen molar-refractivity contribution in [3.63, 3.8) is 0 Å². The highest BCUT2D eigenvalue weighted by Crippen LogP contribution is 2.36. The number of halogens is 1. The third-order valence-electron chi connectivity index (χ3n) is 3.02. The largest absolute Gasteiger partial charge is 0.490 e. The number of aliphatic hydroxyl groups is 1. The van der Waals surface area contributed by atoms with Crippen molar-refractivity contribution in [3.05, 3.63) is 23.5 Å². The van der Waals surface area contributed by atoms with Crippen molar-refractivity contribution in [2.24, 2.45) is 5.92 Å². The van der Waals surface area contributed by atoms with E-state index in [-0.39, 0.29) is 29.8 Å². The van der Waals surface area contributed by atoms with Gasteiger partial charge < -0.3 is 14.6 Å². The van der Waals surface area contributed by atoms with E-state index in [9.17, 15) is 17.9 Å². The molecule has 0 radical (unpaired) electrons. The lowest BCUT2D eigenvalue weighted by molar-refractivity contribution is 0.0859. The molecule has 132 valence electrons. The normalized spacial score (nSPS) is 14.6. The average molecular weight is 350 g/mol. The van der Waals surface area contributed by atoms with Crippen molar-refractivity contribution in [2.75, 3.05) is 20.0 Å². The first kappa shape index (κ1) is 19.7. The molecule has 0 saturated carbocycles. The number of hydrogen-bond donors (Lipinski definition) is 1. The molecule has 0 bridgehead atoms. The maximum atomic E-state index is 14.1. The van der Waals surface area contributed by atoms with E-state index in [1.807, 2.05) is 0 Å². The van der Waals surface area contributed by atoms with Crippen molar-refractivity contribution >= 4 is 10.1 Å². The van der Waals surface area contributed by atoms with Gasteiger partial charge in [0.2, 0.25) is 0 Å². The van der Waals surface area contributed by atoms with Crippen molar-refractivity contribution < 1.29 is 31.6 Å². The van der Waals surface area contributed by atoms with Crippen LogP contribution in [-0.2, 0) is 14.3 Å². The van der Waals surface area contributed by atoms with Gasteiger partial charge in [-0.2, -0.15) is 8.42 Å². The molecule has 0 amide bonds. The molecule has 0 heterocycles. The summed E-state index contributed by atoms with van der Waals surface area (Å²) in [4.78, 5) is 0. The van der Waals surface area contributed by atoms with Crippen LogP contribution in [0.3, 0.4) is 0 Å². The van der Waals surface area contributed by atoms with Crippen LogP contribution in [0.2, 0.25) is 0 Å². The van der Waals surface area contributed by atoms with E-state index in [0.29, 0.717) is 0 Å². The minimum Gasteiger partial charge on any atom is -0.490 e. The van der Waals surface area contributed by atoms with E-state index < -0.39 is 28.0 Å². The zero-order chi connectivity index (χ0) is 17.8. The summed E-state index contributed by atoms with van der Waals surface area (Å²) in [5, 5.41) is 10.3. The third-order valence-corrected chi connectivity index (χ3v) is 3.59. The minimum atomic E-state index is -3.61. The van der Waals surface area contributed by atoms with E-state index in [1.165, 1.54) is 13.2 Å². The van der Waals surface area contributed by atoms with Gasteiger partial charge in [-0.05, 0) is 31.5 Å². The maximum absolute atomic E-state index is 14.1. The summed E-state index contributed by atoms with van der Waals surface area (Å²) in [6.07, 6.45) is -0.401. The van der Waals surface area contributed by atoms with Gasteiger partial charge in [0.25, 0.3) is 10.1 Å². The van der Waals surface area contributed by atoms with E-state index in [1.54, 1.807) is 20.8 Å². The van der Waals surface area contributed by atoms with Crippen molar-refractivity contribution in [1.82, 2.24) is 0 Å². The zero-order valence-corrected chi connectivity index (χ0v) is 14.7. The summed E-state index contributed by atoms with van der Waals surface area (Å²) in [5.74, 6) is -1.11. The highest BCUT2D eigenvalue weighted by atomic mass is 32.2. The molecule has 0 aliphatic rings. The summed E-state index contributed by atoms with van der Waals surface area (Å²) in [6.45, 7) is 4.95. The van der Waals surface area contributed by atoms with Crippen molar-refractivity contribution in [1.29, 1.82) is 0 Å². The summed E-state index contributed by atoms with van der Waals surface area (Å²) in [6, 6.07) is 2.61. The molecule has 1 N–H and O–H groups in total. The first-order chi connectivity index (χ1) is 10.5. The second-order valence-corrected chi connectivity index (χ2v) is 7.26. The molecular weight excluding hydrogens is 327 g/mol. The SMILES string of the molecule is COc1c(F)cc([C@@H](O)[C@H](C)COS(C)(=O)=O)cc1OC(C)C. The monoisotopic (exact) mass is 350 g/mol. The highest BCUT2D eigenvalue weighted by molar-refractivity contribution is 7.85. The fourth-order valence-electron chi connectivity index (χ4n) is 1.95. The maximum Gasteiger partial charge on any atom is 0.264 e. The molecule has 23 heavy (non-hydrogen) atoms. The Balaban J connectivity index is 3.04. The van der Waals surface area contributed by atoms with E-state index in [0.717, 1.165) is 12.3 Å². The lowest BCUT2D eigenvalue weighted by Crippen LogP contribution is -2.18. The first-order valence-electron chi connectivity index (χ1n) is 7.11. The van der Waals surface area contributed by atoms with Crippen LogP contribution in [0.1, 0.15) is 32.4 Å². The molecule has 0 saturated heterocycles. The molecule has 1 rings (SSSR count). The Morgan fingerprint density at radius 2 is 1.87 bits per heavy atom. The predicted octanol–water partition coefficient (Wildman–Crippen LogP) is 2.27. The number of methoxy groups -OCH3 is 1. The van der Waals surface area contributed by atoms with Gasteiger partial charge in [0.1, 0.15) is 0 Å². The molecule has 0 unspecified atom stereocenters. The van der Waals surface area contributed by atoms with Crippen LogP contribution in [0.15, 0.2) is 12.1 Å². The van der Waals surface area contributed by atoms with Crippen LogP contribution in [0.5, 0.6) is 11.5 Å². The molecule has 6 nitrogen and oxygen atoms in total. The molecule has 0 aromatic heterocycles. The number of ether oxygens (including phenoxy) is 2. The Morgan fingerprint density at radius 1 is 1.26 bits per heavy atom. The summed E-state index contributed by atoms with van der Waals surface area (Å²) in [7, 11) is -2.28. The highest BCUT2D eigenvalue weighted by Gasteiger charge is 2.23. The van der Waals surface area contributed by atoms with Gasteiger partial charge in [-0.15, -0.1) is 0 Å². The molecule has 8 heteroatoms. The lowest BCUT2D eigenvalue weighted by Gasteiger charge is -2.21. The molecule has 0 fully saturated rings. The standard InChI is InChI=1S/C15H23FO6S/c1-9(2)22-13-7-11(6-12(16)15(13)20-4)14(17)10(3)8-21-23(5,18)19/h6-7,9-10,14,17H,8H2,1-5H3/t10-,14+/m1/s1. The Kier molecular flexibility index (Phi) is 6.79. The Bertz CT molecular complexity index is 629. The molecule has 2 atom stereocenters.